The lowest BCUT2D eigenvalue weighted by Crippen LogP contribution is -1.93. The van der Waals surface area contributed by atoms with Crippen LogP contribution >= 0.6 is 0 Å². The molecule has 0 N–H and O–H groups in total. The van der Waals surface area contributed by atoms with E-state index >= 15 is 0 Å². The quantitative estimate of drug-likeness (QED) is 0.669. The summed E-state index contributed by atoms with van der Waals surface area (Å²) in [6.45, 7) is 8.50. The van der Waals surface area contributed by atoms with Gasteiger partial charge in [-0.3, -0.25) is 0 Å². The number of hydrogen-bond donors (Lipinski definition) is 0. The molecule has 1 fully saturated rings. The van der Waals surface area contributed by atoms with Gasteiger partial charge in [0.1, 0.15) is 0 Å². The van der Waals surface area contributed by atoms with Crippen molar-refractivity contribution in [1.29, 1.82) is 0 Å². The highest BCUT2D eigenvalue weighted by Gasteiger charge is 2.24. The van der Waals surface area contributed by atoms with Gasteiger partial charge in [0.15, 0.2) is 0 Å². The Morgan fingerprint density at radius 2 is 2.07 bits per heavy atom. The van der Waals surface area contributed by atoms with Gasteiger partial charge in [-0.2, -0.15) is 0 Å². The van der Waals surface area contributed by atoms with Crippen LogP contribution in [0.25, 0.3) is 0 Å². The molecular formula is C14H19. The van der Waals surface area contributed by atoms with Gasteiger partial charge in [0.25, 0.3) is 0 Å². The van der Waals surface area contributed by atoms with E-state index in [2.05, 4.69) is 39.0 Å². The predicted molar refractivity (Wildman–Crippen MR) is 61.6 cm³/mol. The molecule has 0 heteroatoms. The van der Waals surface area contributed by atoms with E-state index < -0.39 is 0 Å². The second-order valence-corrected chi connectivity index (χ2v) is 4.54. The lowest BCUT2D eigenvalue weighted by molar-refractivity contribution is 0.941. The van der Waals surface area contributed by atoms with Gasteiger partial charge in [-0.1, -0.05) is 32.0 Å². The highest BCUT2D eigenvalue weighted by molar-refractivity contribution is 5.36. The van der Waals surface area contributed by atoms with E-state index in [4.69, 9.17) is 0 Å². The Bertz CT molecular complexity index is 299. The summed E-state index contributed by atoms with van der Waals surface area (Å²) in [5.74, 6) is 1.28. The molecule has 0 heterocycles. The van der Waals surface area contributed by atoms with Crippen molar-refractivity contribution in [2.45, 2.75) is 44.9 Å². The lowest BCUT2D eigenvalue weighted by atomic mass is 9.95. The zero-order chi connectivity index (χ0) is 10.1. The van der Waals surface area contributed by atoms with Gasteiger partial charge in [0.2, 0.25) is 0 Å². The molecule has 1 aliphatic carbocycles. The molecule has 1 atom stereocenters. The molecule has 1 aliphatic rings. The van der Waals surface area contributed by atoms with Crippen LogP contribution in [0.2, 0.25) is 0 Å². The van der Waals surface area contributed by atoms with E-state index in [9.17, 15) is 0 Å². The minimum absolute atomic E-state index is 0.416. The van der Waals surface area contributed by atoms with Crippen molar-refractivity contribution in [3.8, 4) is 0 Å². The van der Waals surface area contributed by atoms with Crippen LogP contribution in [-0.2, 0) is 6.42 Å². The van der Waals surface area contributed by atoms with E-state index in [1.54, 1.807) is 5.56 Å². The minimum atomic E-state index is 0.416. The summed E-state index contributed by atoms with van der Waals surface area (Å²) in [5, 5.41) is 0. The van der Waals surface area contributed by atoms with Crippen molar-refractivity contribution in [3.63, 3.8) is 0 Å². The Morgan fingerprint density at radius 1 is 1.36 bits per heavy atom. The molecule has 0 saturated heterocycles. The van der Waals surface area contributed by atoms with Gasteiger partial charge in [0, 0.05) is 0 Å². The first-order chi connectivity index (χ1) is 6.70. The van der Waals surface area contributed by atoms with E-state index in [1.165, 1.54) is 24.0 Å². The van der Waals surface area contributed by atoms with E-state index in [0.29, 0.717) is 5.92 Å². The average molecular weight is 187 g/mol. The summed E-state index contributed by atoms with van der Waals surface area (Å²) >= 11 is 0. The van der Waals surface area contributed by atoms with E-state index in [1.807, 2.05) is 0 Å². The second-order valence-electron chi connectivity index (χ2n) is 4.54. The first kappa shape index (κ1) is 9.76. The van der Waals surface area contributed by atoms with Gasteiger partial charge in [-0.05, 0) is 54.7 Å². The van der Waals surface area contributed by atoms with Crippen LogP contribution in [0.4, 0.5) is 0 Å². The Kier molecular flexibility index (Phi) is 2.62. The molecule has 0 aromatic heterocycles. The third-order valence-corrected chi connectivity index (χ3v) is 3.06. The predicted octanol–water partition coefficient (Wildman–Crippen LogP) is 4.06. The maximum Gasteiger partial charge on any atom is -0.0161 e. The molecule has 0 nitrogen and oxygen atoms in total. The Balaban J connectivity index is 2.35. The second kappa shape index (κ2) is 3.76. The van der Waals surface area contributed by atoms with Crippen molar-refractivity contribution in [2.24, 2.45) is 0 Å². The Hall–Kier alpha value is -0.780. The molecule has 1 radical (unpaired) electrons. The molecule has 0 bridgehead atoms. The largest absolute Gasteiger partial charge is 0.0613 e. The summed E-state index contributed by atoms with van der Waals surface area (Å²) in [5.41, 5.74) is 4.43. The molecule has 75 valence electrons. The van der Waals surface area contributed by atoms with Crippen molar-refractivity contribution in [3.05, 3.63) is 41.8 Å². The minimum Gasteiger partial charge on any atom is -0.0613 e. The fourth-order valence-corrected chi connectivity index (χ4v) is 1.89. The van der Waals surface area contributed by atoms with Crippen molar-refractivity contribution < 1.29 is 0 Å². The van der Waals surface area contributed by atoms with Crippen LogP contribution < -0.4 is 0 Å². The van der Waals surface area contributed by atoms with Gasteiger partial charge >= 0.3 is 0 Å². The van der Waals surface area contributed by atoms with Gasteiger partial charge in [0.05, 0.1) is 0 Å². The van der Waals surface area contributed by atoms with Crippen LogP contribution in [0.3, 0.4) is 0 Å². The maximum absolute atomic E-state index is 4.10. The van der Waals surface area contributed by atoms with Crippen molar-refractivity contribution in [1.82, 2.24) is 0 Å². The van der Waals surface area contributed by atoms with Gasteiger partial charge in [-0.15, -0.1) is 0 Å². The molecule has 14 heavy (non-hydrogen) atoms. The summed E-state index contributed by atoms with van der Waals surface area (Å²) in [4.78, 5) is 0. The van der Waals surface area contributed by atoms with Crippen molar-refractivity contribution >= 4 is 0 Å². The average Bonchev–Trinajstić information content (AvgIpc) is 3.00. The first-order valence-corrected chi connectivity index (χ1v) is 5.67. The van der Waals surface area contributed by atoms with Crippen LogP contribution in [0.15, 0.2) is 18.2 Å². The number of rotatable bonds is 3. The first-order valence-electron chi connectivity index (χ1n) is 5.67. The highest BCUT2D eigenvalue weighted by atomic mass is 14.3. The maximum atomic E-state index is 4.10. The molecular weight excluding hydrogens is 168 g/mol. The van der Waals surface area contributed by atoms with E-state index in [0.717, 1.165) is 12.3 Å². The zero-order valence-corrected chi connectivity index (χ0v) is 9.22. The highest BCUT2D eigenvalue weighted by Crippen LogP contribution is 2.41. The zero-order valence-electron chi connectivity index (χ0n) is 9.22. The monoisotopic (exact) mass is 187 g/mol. The molecule has 1 unspecified atom stereocenters. The SMILES string of the molecule is [CH2]C(C)c1cc(CC)cc(C2CC2)c1. The normalized spacial score (nSPS) is 16.3. The van der Waals surface area contributed by atoms with E-state index in [-0.39, 0.29) is 0 Å². The molecule has 0 spiro atoms. The fourth-order valence-electron chi connectivity index (χ4n) is 1.89. The molecule has 1 saturated carbocycles. The molecule has 0 aliphatic heterocycles. The third kappa shape index (κ3) is 2.00. The summed E-state index contributed by atoms with van der Waals surface area (Å²) in [7, 11) is 0. The molecule has 1 aromatic rings. The molecule has 1 aromatic carbocycles. The van der Waals surface area contributed by atoms with Crippen LogP contribution in [-0.4, -0.2) is 0 Å². The number of benzene rings is 1. The van der Waals surface area contributed by atoms with Gasteiger partial charge < -0.3 is 0 Å². The summed E-state index contributed by atoms with van der Waals surface area (Å²) in [6, 6.07) is 7.04. The van der Waals surface area contributed by atoms with Crippen LogP contribution in [0.1, 0.15) is 55.2 Å². The number of hydrogen-bond acceptors (Lipinski definition) is 0. The molecule has 0 amide bonds. The third-order valence-electron chi connectivity index (χ3n) is 3.06. The topological polar surface area (TPSA) is 0 Å². The summed E-state index contributed by atoms with van der Waals surface area (Å²) < 4.78 is 0. The Morgan fingerprint density at radius 3 is 2.57 bits per heavy atom. The Labute approximate surface area is 87.3 Å². The standard InChI is InChI=1S/C14H19/c1-4-11-7-13(10(2)3)9-14(8-11)12-5-6-12/h7-10,12H,2,4-6H2,1,3H3. The molecule has 2 rings (SSSR count). The fraction of sp³-hybridized carbons (Fsp3) is 0.500. The smallest absolute Gasteiger partial charge is 0.0161 e. The van der Waals surface area contributed by atoms with Gasteiger partial charge in [-0.25, -0.2) is 0 Å². The van der Waals surface area contributed by atoms with Crippen LogP contribution in [0, 0.1) is 6.92 Å². The number of aryl methyl sites for hydroxylation is 1. The van der Waals surface area contributed by atoms with Crippen molar-refractivity contribution in [2.75, 3.05) is 0 Å². The summed E-state index contributed by atoms with van der Waals surface area (Å²) in [6.07, 6.45) is 3.91. The van der Waals surface area contributed by atoms with Crippen LogP contribution in [0.5, 0.6) is 0 Å². The lowest BCUT2D eigenvalue weighted by Gasteiger charge is -2.10.